The Balaban J connectivity index is 1.83. The highest BCUT2D eigenvalue weighted by Gasteiger charge is 2.13. The Bertz CT molecular complexity index is 678. The third-order valence-electron chi connectivity index (χ3n) is 4.43. The largest absolute Gasteiger partial charge is 0.476 e. The van der Waals surface area contributed by atoms with Crippen molar-refractivity contribution >= 4 is 15.9 Å². The molecule has 2 aromatic rings. The second kappa shape index (κ2) is 11.4. The molecule has 0 spiro atoms. The molecule has 0 amide bonds. The molecular weight excluding hydrogens is 404 g/mol. The summed E-state index contributed by atoms with van der Waals surface area (Å²) in [5, 5.41) is 6.83. The summed E-state index contributed by atoms with van der Waals surface area (Å²) in [7, 11) is 1.75. The molecule has 0 aromatic heterocycles. The molecule has 0 bridgehead atoms. The summed E-state index contributed by atoms with van der Waals surface area (Å²) in [6, 6.07) is 17.0. The number of benzene rings is 2. The standard InChI is InChI=1S/C22H31BrN2O2/c1-5-24-17(3)27-21-11-9-18(10-12-21)13-16(2)25-15-22(26-4)19-7-6-8-20(23)14-19/h6-12,14,16-17,22,24-25H,5,13,15H2,1-4H3. The van der Waals surface area contributed by atoms with Crippen LogP contribution >= 0.6 is 15.9 Å². The van der Waals surface area contributed by atoms with Crippen LogP contribution in [-0.4, -0.2) is 32.5 Å². The van der Waals surface area contributed by atoms with Crippen molar-refractivity contribution in [1.82, 2.24) is 10.6 Å². The van der Waals surface area contributed by atoms with Gasteiger partial charge in [-0.05, 0) is 62.2 Å². The van der Waals surface area contributed by atoms with E-state index in [0.717, 1.165) is 29.7 Å². The van der Waals surface area contributed by atoms with Gasteiger partial charge < -0.3 is 14.8 Å². The van der Waals surface area contributed by atoms with Gasteiger partial charge in [-0.15, -0.1) is 0 Å². The molecular formula is C22H31BrN2O2. The number of hydrogen-bond acceptors (Lipinski definition) is 4. The monoisotopic (exact) mass is 434 g/mol. The molecule has 148 valence electrons. The van der Waals surface area contributed by atoms with Crippen LogP contribution in [0, 0.1) is 0 Å². The van der Waals surface area contributed by atoms with Crippen LogP contribution in [0.3, 0.4) is 0 Å². The fourth-order valence-electron chi connectivity index (χ4n) is 3.02. The van der Waals surface area contributed by atoms with E-state index in [2.05, 4.69) is 64.7 Å². The maximum absolute atomic E-state index is 5.82. The van der Waals surface area contributed by atoms with Gasteiger partial charge in [0, 0.05) is 24.2 Å². The number of hydrogen-bond donors (Lipinski definition) is 2. The summed E-state index contributed by atoms with van der Waals surface area (Å²) in [6.07, 6.45) is 1.01. The fraction of sp³-hybridized carbons (Fsp3) is 0.455. The first-order valence-electron chi connectivity index (χ1n) is 9.52. The molecule has 0 fully saturated rings. The number of ether oxygens (including phenoxy) is 2. The molecule has 0 saturated carbocycles. The van der Waals surface area contributed by atoms with Gasteiger partial charge in [0.2, 0.25) is 0 Å². The fourth-order valence-corrected chi connectivity index (χ4v) is 3.43. The zero-order valence-corrected chi connectivity index (χ0v) is 18.3. The highest BCUT2D eigenvalue weighted by atomic mass is 79.9. The van der Waals surface area contributed by atoms with Crippen molar-refractivity contribution in [3.05, 3.63) is 64.1 Å². The van der Waals surface area contributed by atoms with Gasteiger partial charge in [-0.3, -0.25) is 5.32 Å². The summed E-state index contributed by atoms with van der Waals surface area (Å²) in [6.45, 7) is 7.95. The summed E-state index contributed by atoms with van der Waals surface area (Å²) in [4.78, 5) is 0. The molecule has 27 heavy (non-hydrogen) atoms. The van der Waals surface area contributed by atoms with Crippen molar-refractivity contribution in [3.63, 3.8) is 0 Å². The van der Waals surface area contributed by atoms with Gasteiger partial charge >= 0.3 is 0 Å². The van der Waals surface area contributed by atoms with Gasteiger partial charge in [-0.25, -0.2) is 0 Å². The zero-order valence-electron chi connectivity index (χ0n) is 16.7. The van der Waals surface area contributed by atoms with Crippen LogP contribution in [0.5, 0.6) is 5.75 Å². The van der Waals surface area contributed by atoms with E-state index in [4.69, 9.17) is 9.47 Å². The van der Waals surface area contributed by atoms with E-state index in [9.17, 15) is 0 Å². The van der Waals surface area contributed by atoms with Gasteiger partial charge in [-0.1, -0.05) is 47.1 Å². The lowest BCUT2D eigenvalue weighted by atomic mass is 10.1. The molecule has 5 heteroatoms. The Morgan fingerprint density at radius 3 is 2.41 bits per heavy atom. The highest BCUT2D eigenvalue weighted by Crippen LogP contribution is 2.20. The van der Waals surface area contributed by atoms with Crippen LogP contribution < -0.4 is 15.4 Å². The van der Waals surface area contributed by atoms with E-state index in [1.807, 2.05) is 31.2 Å². The molecule has 0 heterocycles. The Hall–Kier alpha value is -1.40. The summed E-state index contributed by atoms with van der Waals surface area (Å²) in [5.41, 5.74) is 2.46. The quantitative estimate of drug-likeness (QED) is 0.503. The average Bonchev–Trinajstić information content (AvgIpc) is 2.64. The SMILES string of the molecule is CCNC(C)Oc1ccc(CC(C)NCC(OC)c2cccc(Br)c2)cc1. The van der Waals surface area contributed by atoms with Crippen molar-refractivity contribution in [3.8, 4) is 5.75 Å². The third-order valence-corrected chi connectivity index (χ3v) is 4.92. The molecule has 4 nitrogen and oxygen atoms in total. The molecule has 2 N–H and O–H groups in total. The molecule has 0 saturated heterocycles. The molecule has 2 aromatic carbocycles. The molecule has 0 aliphatic heterocycles. The smallest absolute Gasteiger partial charge is 0.147 e. The first-order valence-corrected chi connectivity index (χ1v) is 10.3. The van der Waals surface area contributed by atoms with Crippen LogP contribution in [0.15, 0.2) is 53.0 Å². The van der Waals surface area contributed by atoms with E-state index < -0.39 is 0 Å². The van der Waals surface area contributed by atoms with Crippen LogP contribution in [0.4, 0.5) is 0 Å². The average molecular weight is 435 g/mol. The molecule has 0 radical (unpaired) electrons. The number of methoxy groups -OCH3 is 1. The topological polar surface area (TPSA) is 42.5 Å². The van der Waals surface area contributed by atoms with Crippen molar-refractivity contribution in [2.75, 3.05) is 20.2 Å². The van der Waals surface area contributed by atoms with Crippen molar-refractivity contribution in [2.24, 2.45) is 0 Å². The van der Waals surface area contributed by atoms with Crippen LogP contribution in [0.2, 0.25) is 0 Å². The molecule has 3 atom stereocenters. The lowest BCUT2D eigenvalue weighted by Gasteiger charge is -2.21. The maximum Gasteiger partial charge on any atom is 0.147 e. The third kappa shape index (κ3) is 7.62. The van der Waals surface area contributed by atoms with E-state index in [-0.39, 0.29) is 12.3 Å². The highest BCUT2D eigenvalue weighted by molar-refractivity contribution is 9.10. The second-order valence-electron chi connectivity index (χ2n) is 6.75. The zero-order chi connectivity index (χ0) is 19.6. The lowest BCUT2D eigenvalue weighted by molar-refractivity contribution is 0.0998. The van der Waals surface area contributed by atoms with E-state index in [0.29, 0.717) is 6.04 Å². The predicted octanol–water partition coefficient (Wildman–Crippen LogP) is 4.69. The van der Waals surface area contributed by atoms with Crippen molar-refractivity contribution < 1.29 is 9.47 Å². The summed E-state index contributed by atoms with van der Waals surface area (Å²) < 4.78 is 12.5. The van der Waals surface area contributed by atoms with Gasteiger partial charge in [0.25, 0.3) is 0 Å². The Kier molecular flexibility index (Phi) is 9.28. The Morgan fingerprint density at radius 2 is 1.78 bits per heavy atom. The van der Waals surface area contributed by atoms with E-state index in [1.54, 1.807) is 7.11 Å². The first kappa shape index (κ1) is 21.9. The van der Waals surface area contributed by atoms with E-state index >= 15 is 0 Å². The summed E-state index contributed by atoms with van der Waals surface area (Å²) in [5.74, 6) is 0.891. The Morgan fingerprint density at radius 1 is 1.04 bits per heavy atom. The Labute approximate surface area is 171 Å². The minimum absolute atomic E-state index is 0.0189. The second-order valence-corrected chi connectivity index (χ2v) is 7.67. The van der Waals surface area contributed by atoms with Gasteiger partial charge in [0.15, 0.2) is 0 Å². The van der Waals surface area contributed by atoms with E-state index in [1.165, 1.54) is 11.1 Å². The summed E-state index contributed by atoms with van der Waals surface area (Å²) >= 11 is 3.52. The minimum atomic E-state index is 0.0189. The molecule has 0 aliphatic rings. The van der Waals surface area contributed by atoms with Crippen LogP contribution in [-0.2, 0) is 11.2 Å². The van der Waals surface area contributed by atoms with Crippen LogP contribution in [0.1, 0.15) is 38.0 Å². The maximum atomic E-state index is 5.82. The predicted molar refractivity (Wildman–Crippen MR) is 115 cm³/mol. The lowest BCUT2D eigenvalue weighted by Crippen LogP contribution is -2.32. The normalized spacial score (nSPS) is 14.6. The molecule has 0 aliphatic carbocycles. The minimum Gasteiger partial charge on any atom is -0.476 e. The van der Waals surface area contributed by atoms with Gasteiger partial charge in [0.05, 0.1) is 6.10 Å². The number of halogens is 1. The number of rotatable bonds is 11. The van der Waals surface area contributed by atoms with Gasteiger partial charge in [-0.2, -0.15) is 0 Å². The van der Waals surface area contributed by atoms with Crippen molar-refractivity contribution in [1.29, 1.82) is 0 Å². The van der Waals surface area contributed by atoms with Crippen molar-refractivity contribution in [2.45, 2.75) is 45.6 Å². The number of nitrogens with one attached hydrogen (secondary N) is 2. The first-order chi connectivity index (χ1) is 13.0. The molecule has 2 rings (SSSR count). The molecule has 3 unspecified atom stereocenters. The van der Waals surface area contributed by atoms with Crippen LogP contribution in [0.25, 0.3) is 0 Å². The van der Waals surface area contributed by atoms with Gasteiger partial charge in [0.1, 0.15) is 12.0 Å².